The molecule has 1 aliphatic rings. The molecular weight excluding hydrogens is 194 g/mol. The minimum Gasteiger partial charge on any atom is -0.480 e. The number of hydrogen-bond donors (Lipinski definition) is 1. The average molecular weight is 213 g/mol. The Kier molecular flexibility index (Phi) is 4.12. The van der Waals surface area contributed by atoms with Gasteiger partial charge in [-0.25, -0.2) is 4.79 Å². The summed E-state index contributed by atoms with van der Waals surface area (Å²) in [7, 11) is 0. The Morgan fingerprint density at radius 2 is 1.93 bits per heavy atom. The summed E-state index contributed by atoms with van der Waals surface area (Å²) >= 11 is 0. The zero-order valence-electron chi connectivity index (χ0n) is 9.35. The molecule has 0 aromatic heterocycles. The van der Waals surface area contributed by atoms with Crippen molar-refractivity contribution in [3.8, 4) is 0 Å². The van der Waals surface area contributed by atoms with Gasteiger partial charge in [-0.1, -0.05) is 12.8 Å². The first kappa shape index (κ1) is 12.0. The molecular formula is C11H19NO3. The van der Waals surface area contributed by atoms with Crippen LogP contribution in [0, 0.1) is 5.92 Å². The predicted molar refractivity (Wildman–Crippen MR) is 56.4 cm³/mol. The molecule has 1 N–H and O–H groups in total. The first-order valence-corrected chi connectivity index (χ1v) is 5.53. The van der Waals surface area contributed by atoms with E-state index in [1.54, 1.807) is 0 Å². The third kappa shape index (κ3) is 2.70. The third-order valence-electron chi connectivity index (χ3n) is 3.14. The summed E-state index contributed by atoms with van der Waals surface area (Å²) < 4.78 is 0. The van der Waals surface area contributed by atoms with E-state index >= 15 is 0 Å². The van der Waals surface area contributed by atoms with Crippen LogP contribution in [-0.4, -0.2) is 34.5 Å². The summed E-state index contributed by atoms with van der Waals surface area (Å²) in [6, 6.07) is -0.686. The van der Waals surface area contributed by atoms with Crippen LogP contribution in [0.5, 0.6) is 0 Å². The van der Waals surface area contributed by atoms with Crippen molar-refractivity contribution >= 4 is 12.4 Å². The van der Waals surface area contributed by atoms with Gasteiger partial charge >= 0.3 is 5.97 Å². The Morgan fingerprint density at radius 3 is 2.27 bits per heavy atom. The highest BCUT2D eigenvalue weighted by atomic mass is 16.4. The van der Waals surface area contributed by atoms with E-state index in [0.717, 1.165) is 25.7 Å². The summed E-state index contributed by atoms with van der Waals surface area (Å²) in [4.78, 5) is 23.5. The predicted octanol–water partition coefficient (Wildman–Crippen LogP) is 1.50. The van der Waals surface area contributed by atoms with Gasteiger partial charge in [0, 0.05) is 6.04 Å². The maximum Gasteiger partial charge on any atom is 0.326 e. The molecule has 1 aliphatic carbocycles. The molecule has 4 heteroatoms. The minimum absolute atomic E-state index is 0.0517. The molecule has 4 nitrogen and oxygen atoms in total. The van der Waals surface area contributed by atoms with Crippen LogP contribution in [0.1, 0.15) is 39.5 Å². The fourth-order valence-electron chi connectivity index (χ4n) is 2.35. The Bertz CT molecular complexity index is 234. The van der Waals surface area contributed by atoms with Gasteiger partial charge in [-0.3, -0.25) is 4.79 Å². The van der Waals surface area contributed by atoms with Crippen molar-refractivity contribution < 1.29 is 14.7 Å². The standard InChI is InChI=1S/C11H19NO3/c1-8(2)12(7-13)10(11(14)15)9-5-3-4-6-9/h7-10H,3-6H2,1-2H3,(H,14,15). The molecule has 0 aromatic carbocycles. The van der Waals surface area contributed by atoms with Crippen molar-refractivity contribution in [1.29, 1.82) is 0 Å². The van der Waals surface area contributed by atoms with E-state index in [2.05, 4.69) is 0 Å². The van der Waals surface area contributed by atoms with E-state index in [-0.39, 0.29) is 12.0 Å². The van der Waals surface area contributed by atoms with Gasteiger partial charge in [-0.15, -0.1) is 0 Å². The Morgan fingerprint density at radius 1 is 1.40 bits per heavy atom. The number of carboxylic acid groups (broad SMARTS) is 1. The Balaban J connectivity index is 2.79. The van der Waals surface area contributed by atoms with E-state index < -0.39 is 12.0 Å². The molecule has 0 heterocycles. The number of carboxylic acids is 1. The topological polar surface area (TPSA) is 57.6 Å². The number of nitrogens with zero attached hydrogens (tertiary/aromatic N) is 1. The molecule has 0 saturated heterocycles. The zero-order chi connectivity index (χ0) is 11.4. The van der Waals surface area contributed by atoms with Crippen molar-refractivity contribution in [2.75, 3.05) is 0 Å². The fourth-order valence-corrected chi connectivity index (χ4v) is 2.35. The molecule has 1 saturated carbocycles. The number of aliphatic carboxylic acids is 1. The van der Waals surface area contributed by atoms with E-state index in [9.17, 15) is 14.7 Å². The van der Waals surface area contributed by atoms with Crippen molar-refractivity contribution in [3.63, 3.8) is 0 Å². The second kappa shape index (κ2) is 5.14. The number of amides is 1. The van der Waals surface area contributed by atoms with Gasteiger partial charge in [0.2, 0.25) is 6.41 Å². The first-order valence-electron chi connectivity index (χ1n) is 5.53. The first-order chi connectivity index (χ1) is 7.07. The number of rotatable bonds is 5. The van der Waals surface area contributed by atoms with Crippen LogP contribution in [0.4, 0.5) is 0 Å². The SMILES string of the molecule is CC(C)N(C=O)C(C(=O)O)C1CCCC1. The maximum absolute atomic E-state index is 11.2. The van der Waals surface area contributed by atoms with Gasteiger partial charge in [0.1, 0.15) is 6.04 Å². The van der Waals surface area contributed by atoms with Crippen LogP contribution < -0.4 is 0 Å². The number of hydrogen-bond acceptors (Lipinski definition) is 2. The summed E-state index contributed by atoms with van der Waals surface area (Å²) in [6.07, 6.45) is 4.68. The van der Waals surface area contributed by atoms with Crippen LogP contribution in [-0.2, 0) is 9.59 Å². The van der Waals surface area contributed by atoms with Crippen LogP contribution in [0.15, 0.2) is 0 Å². The van der Waals surface area contributed by atoms with Gasteiger partial charge in [0.25, 0.3) is 0 Å². The third-order valence-corrected chi connectivity index (χ3v) is 3.14. The number of carbonyl (C=O) groups excluding carboxylic acids is 1. The molecule has 86 valence electrons. The molecule has 0 spiro atoms. The highest BCUT2D eigenvalue weighted by molar-refractivity contribution is 5.76. The smallest absolute Gasteiger partial charge is 0.326 e. The van der Waals surface area contributed by atoms with Crippen molar-refractivity contribution in [3.05, 3.63) is 0 Å². The Hall–Kier alpha value is -1.06. The minimum atomic E-state index is -0.872. The quantitative estimate of drug-likeness (QED) is 0.704. The second-order valence-corrected chi connectivity index (χ2v) is 4.47. The molecule has 0 radical (unpaired) electrons. The van der Waals surface area contributed by atoms with Gasteiger partial charge < -0.3 is 10.0 Å². The van der Waals surface area contributed by atoms with Crippen molar-refractivity contribution in [2.45, 2.75) is 51.6 Å². The molecule has 1 rings (SSSR count). The molecule has 0 aliphatic heterocycles. The maximum atomic E-state index is 11.2. The summed E-state index contributed by atoms with van der Waals surface area (Å²) in [6.45, 7) is 3.69. The van der Waals surface area contributed by atoms with Gasteiger partial charge in [-0.05, 0) is 32.6 Å². The zero-order valence-corrected chi connectivity index (χ0v) is 9.35. The molecule has 1 amide bonds. The van der Waals surface area contributed by atoms with Crippen LogP contribution in [0.3, 0.4) is 0 Å². The summed E-state index contributed by atoms with van der Waals surface area (Å²) in [5.41, 5.74) is 0. The lowest BCUT2D eigenvalue weighted by Crippen LogP contribution is -2.48. The van der Waals surface area contributed by atoms with Gasteiger partial charge in [0.15, 0.2) is 0 Å². The number of carbonyl (C=O) groups is 2. The van der Waals surface area contributed by atoms with Gasteiger partial charge in [-0.2, -0.15) is 0 Å². The molecule has 1 unspecified atom stereocenters. The summed E-state index contributed by atoms with van der Waals surface area (Å²) in [5.74, 6) is -0.738. The van der Waals surface area contributed by atoms with Crippen LogP contribution in [0.25, 0.3) is 0 Å². The molecule has 1 atom stereocenters. The van der Waals surface area contributed by atoms with Crippen molar-refractivity contribution in [1.82, 2.24) is 4.90 Å². The van der Waals surface area contributed by atoms with E-state index in [0.29, 0.717) is 6.41 Å². The normalized spacial score (nSPS) is 19.1. The highest BCUT2D eigenvalue weighted by Crippen LogP contribution is 2.30. The largest absolute Gasteiger partial charge is 0.480 e. The van der Waals surface area contributed by atoms with E-state index in [4.69, 9.17) is 0 Å². The van der Waals surface area contributed by atoms with Crippen LogP contribution in [0.2, 0.25) is 0 Å². The lowest BCUT2D eigenvalue weighted by Gasteiger charge is -2.32. The van der Waals surface area contributed by atoms with E-state index in [1.807, 2.05) is 13.8 Å². The monoisotopic (exact) mass is 213 g/mol. The lowest BCUT2D eigenvalue weighted by atomic mass is 9.96. The summed E-state index contributed by atoms with van der Waals surface area (Å²) in [5, 5.41) is 9.18. The highest BCUT2D eigenvalue weighted by Gasteiger charge is 2.35. The molecule has 0 bridgehead atoms. The molecule has 15 heavy (non-hydrogen) atoms. The van der Waals surface area contributed by atoms with Crippen molar-refractivity contribution in [2.24, 2.45) is 5.92 Å². The average Bonchev–Trinajstić information content (AvgIpc) is 2.64. The lowest BCUT2D eigenvalue weighted by molar-refractivity contribution is -0.150. The Labute approximate surface area is 90.3 Å². The van der Waals surface area contributed by atoms with E-state index in [1.165, 1.54) is 4.90 Å². The molecule has 0 aromatic rings. The molecule has 1 fully saturated rings. The van der Waals surface area contributed by atoms with Crippen LogP contribution >= 0.6 is 0 Å². The van der Waals surface area contributed by atoms with Gasteiger partial charge in [0.05, 0.1) is 0 Å². The fraction of sp³-hybridized carbons (Fsp3) is 0.818. The second-order valence-electron chi connectivity index (χ2n) is 4.47.